The zero-order chi connectivity index (χ0) is 57.9. The summed E-state index contributed by atoms with van der Waals surface area (Å²) in [6.45, 7) is 21.3. The highest BCUT2D eigenvalue weighted by molar-refractivity contribution is 7.00. The smallest absolute Gasteiger partial charge is 0.252 e. The first-order valence-corrected chi connectivity index (χ1v) is 31.4. The first kappa shape index (κ1) is 54.9. The van der Waals surface area contributed by atoms with Gasteiger partial charge in [-0.3, -0.25) is 0 Å². The fourth-order valence-corrected chi connectivity index (χ4v) is 13.8. The van der Waals surface area contributed by atoms with Gasteiger partial charge in [0.25, 0.3) is 6.71 Å². The summed E-state index contributed by atoms with van der Waals surface area (Å²) in [5.41, 5.74) is 29.1. The Bertz CT molecular complexity index is 4090. The van der Waals surface area contributed by atoms with Gasteiger partial charge in [-0.2, -0.15) is 0 Å². The topological polar surface area (TPSA) is 11.4 Å². The third kappa shape index (κ3) is 9.76. The molecule has 11 aromatic rings. The molecule has 0 spiro atoms. The second-order valence-electron chi connectivity index (χ2n) is 26.0. The van der Waals surface area contributed by atoms with Gasteiger partial charge in [0.05, 0.1) is 22.4 Å². The molecule has 10 aromatic carbocycles. The average molecular weight is 1090 g/mol. The number of nitrogens with zero attached hydrogens (tertiary/aromatic N) is 3. The van der Waals surface area contributed by atoms with Crippen molar-refractivity contribution in [2.45, 2.75) is 131 Å². The second kappa shape index (κ2) is 22.3. The lowest BCUT2D eigenvalue weighted by Crippen LogP contribution is -2.61. The minimum atomic E-state index is -0.207. The number of unbranched alkanes of at least 4 members (excludes halogenated alkanes) is 3. The first-order chi connectivity index (χ1) is 40.8. The maximum absolute atomic E-state index is 2.79. The van der Waals surface area contributed by atoms with E-state index >= 15 is 0 Å². The highest BCUT2D eigenvalue weighted by atomic mass is 15.2. The summed E-state index contributed by atoms with van der Waals surface area (Å²) in [5.74, 6) is 0. The number of hydrogen-bond acceptors (Lipinski definition) is 2. The van der Waals surface area contributed by atoms with E-state index in [1.807, 2.05) is 0 Å². The van der Waals surface area contributed by atoms with Gasteiger partial charge in [0.2, 0.25) is 0 Å². The quantitative estimate of drug-likeness (QED) is 0.0948. The maximum atomic E-state index is 2.79. The monoisotopic (exact) mass is 1090 g/mol. The molecule has 3 nitrogen and oxygen atoms in total. The van der Waals surface area contributed by atoms with Gasteiger partial charge in [0.15, 0.2) is 0 Å². The van der Waals surface area contributed by atoms with Crippen LogP contribution in [0.5, 0.6) is 0 Å². The van der Waals surface area contributed by atoms with Crippen molar-refractivity contribution in [3.8, 4) is 39.1 Å². The van der Waals surface area contributed by atoms with E-state index in [4.69, 9.17) is 0 Å². The molecule has 0 atom stereocenters. The molecule has 2 aliphatic rings. The van der Waals surface area contributed by atoms with Crippen LogP contribution in [0.25, 0.3) is 60.9 Å². The van der Waals surface area contributed by atoms with Crippen molar-refractivity contribution in [3.05, 3.63) is 240 Å². The molecule has 0 bridgehead atoms. The number of fused-ring (bicyclic) bond motifs is 7. The second-order valence-corrected chi connectivity index (χ2v) is 26.0. The van der Waals surface area contributed by atoms with E-state index in [1.54, 1.807) is 0 Å². The molecule has 0 saturated heterocycles. The molecule has 0 unspecified atom stereocenters. The predicted octanol–water partition coefficient (Wildman–Crippen LogP) is 20.5. The third-order valence-electron chi connectivity index (χ3n) is 18.2. The summed E-state index contributed by atoms with van der Waals surface area (Å²) in [5, 5.41) is 2.51. The lowest BCUT2D eigenvalue weighted by molar-refractivity contribution is 0.590. The van der Waals surface area contributed by atoms with Crippen LogP contribution in [-0.2, 0) is 30.1 Å². The summed E-state index contributed by atoms with van der Waals surface area (Å²) >= 11 is 0. The Morgan fingerprint density at radius 1 is 0.369 bits per heavy atom. The van der Waals surface area contributed by atoms with Gasteiger partial charge < -0.3 is 14.4 Å². The minimum Gasteiger partial charge on any atom is -0.311 e. The van der Waals surface area contributed by atoms with Gasteiger partial charge in [0, 0.05) is 50.3 Å². The van der Waals surface area contributed by atoms with Gasteiger partial charge in [-0.25, -0.2) is 0 Å². The molecule has 84 heavy (non-hydrogen) atoms. The van der Waals surface area contributed by atoms with E-state index < -0.39 is 0 Å². The summed E-state index contributed by atoms with van der Waals surface area (Å²) in [6.07, 6.45) is 10.1. The highest BCUT2D eigenvalue weighted by Crippen LogP contribution is 2.53. The molecular weight excluding hydrogens is 1010 g/mol. The Morgan fingerprint density at radius 2 is 0.845 bits per heavy atom. The Labute approximate surface area is 500 Å². The van der Waals surface area contributed by atoms with E-state index in [0.717, 1.165) is 50.6 Å². The van der Waals surface area contributed by atoms with Gasteiger partial charge in [0.1, 0.15) is 0 Å². The van der Waals surface area contributed by atoms with E-state index in [9.17, 15) is 0 Å². The molecule has 0 fully saturated rings. The third-order valence-corrected chi connectivity index (χ3v) is 18.2. The fourth-order valence-electron chi connectivity index (χ4n) is 13.8. The zero-order valence-corrected chi connectivity index (χ0v) is 51.0. The fraction of sp³-hybridized carbons (Fsp3) is 0.250. The molecule has 4 heteroatoms. The van der Waals surface area contributed by atoms with E-state index in [2.05, 4.69) is 289 Å². The van der Waals surface area contributed by atoms with E-state index in [0.29, 0.717) is 0 Å². The molecular formula is C80H80BN3. The van der Waals surface area contributed by atoms with E-state index in [-0.39, 0.29) is 17.5 Å². The van der Waals surface area contributed by atoms with Gasteiger partial charge in [-0.15, -0.1) is 0 Å². The number of anilines is 6. The summed E-state index contributed by atoms with van der Waals surface area (Å²) in [6, 6.07) is 81.9. The number of aryl methyl sites for hydroxylation is 3. The molecule has 0 radical (unpaired) electrons. The van der Waals surface area contributed by atoms with Gasteiger partial charge in [-0.05, 0) is 170 Å². The van der Waals surface area contributed by atoms with Crippen molar-refractivity contribution in [1.29, 1.82) is 0 Å². The maximum Gasteiger partial charge on any atom is 0.252 e. The van der Waals surface area contributed by atoms with E-state index in [1.165, 1.54) is 146 Å². The number of benzene rings is 10. The summed E-state index contributed by atoms with van der Waals surface area (Å²) in [4.78, 5) is 5.55. The average Bonchev–Trinajstić information content (AvgIpc) is 0.821. The Kier molecular flexibility index (Phi) is 14.6. The number of para-hydroxylation sites is 2. The standard InChI is InChI=1S/C80H80BN3/c1-10-13-29-54-46-59(30-14-11-2)77(60(47-54)31-15-12-3)83-72-45-42-58(55-32-19-16-20-33-55)48-69(72)81-68-44-43-63(82-70-40-27-25-38-64(70)65-39-26-28-41-71(65)82)53-73(68)84(75-52-62(80(7,8)9)51-74(83)76(75)81)78-66(56-34-21-17-22-35-56)49-61(79(4,5)6)50-67(78)57-36-23-18-24-37-57/h16-28,32-53H,10-15,29-31H2,1-9H3. The Balaban J connectivity index is 1.22. The SMILES string of the molecule is CCCCc1cc(CCCC)c(N2c3ccc(-c4ccccc4)cc3B3c4ccc(-n5c6ccccc6c6ccccc65)cc4N(c4c(-c5ccccc5)cc(C(C)(C)C)cc4-c4ccccc4)c4cc(C(C)(C)C)cc2c43)c(CCCC)c1. The number of rotatable bonds is 15. The minimum absolute atomic E-state index is 0.103. The largest absolute Gasteiger partial charge is 0.311 e. The molecule has 0 saturated carbocycles. The van der Waals surface area contributed by atoms with Crippen LogP contribution in [0, 0.1) is 0 Å². The zero-order valence-electron chi connectivity index (χ0n) is 51.0. The molecule has 0 N–H and O–H groups in total. The highest BCUT2D eigenvalue weighted by Gasteiger charge is 2.46. The van der Waals surface area contributed by atoms with Crippen molar-refractivity contribution in [3.63, 3.8) is 0 Å². The van der Waals surface area contributed by atoms with Gasteiger partial charge >= 0.3 is 0 Å². The molecule has 13 rings (SSSR count). The normalized spacial score (nSPS) is 12.9. The van der Waals surface area contributed by atoms with Crippen LogP contribution in [-0.4, -0.2) is 11.3 Å². The van der Waals surface area contributed by atoms with Crippen LogP contribution in [0.1, 0.15) is 129 Å². The van der Waals surface area contributed by atoms with Crippen LogP contribution in [0.3, 0.4) is 0 Å². The Morgan fingerprint density at radius 3 is 1.37 bits per heavy atom. The summed E-state index contributed by atoms with van der Waals surface area (Å²) in [7, 11) is 0. The van der Waals surface area contributed by atoms with Crippen LogP contribution >= 0.6 is 0 Å². The number of aromatic nitrogens is 1. The predicted molar refractivity (Wildman–Crippen MR) is 364 cm³/mol. The van der Waals surface area contributed by atoms with Gasteiger partial charge in [-0.1, -0.05) is 239 Å². The van der Waals surface area contributed by atoms with Crippen LogP contribution in [0.2, 0.25) is 0 Å². The van der Waals surface area contributed by atoms with Crippen molar-refractivity contribution in [2.75, 3.05) is 9.80 Å². The van der Waals surface area contributed by atoms with Crippen molar-refractivity contribution in [1.82, 2.24) is 4.57 Å². The molecule has 418 valence electrons. The molecule has 3 heterocycles. The lowest BCUT2D eigenvalue weighted by atomic mass is 9.33. The number of hydrogen-bond donors (Lipinski definition) is 0. The molecule has 0 aliphatic carbocycles. The molecule has 0 amide bonds. The van der Waals surface area contributed by atoms with Crippen LogP contribution in [0.4, 0.5) is 34.1 Å². The summed E-state index contributed by atoms with van der Waals surface area (Å²) < 4.78 is 2.51. The first-order valence-electron chi connectivity index (χ1n) is 31.4. The Hall–Kier alpha value is -8.34. The van der Waals surface area contributed by atoms with Crippen molar-refractivity contribution in [2.24, 2.45) is 0 Å². The molecule has 2 aliphatic heterocycles. The van der Waals surface area contributed by atoms with Crippen LogP contribution in [0.15, 0.2) is 212 Å². The van der Waals surface area contributed by atoms with Crippen molar-refractivity contribution >= 4 is 79.0 Å². The lowest BCUT2D eigenvalue weighted by Gasteiger charge is -2.47. The van der Waals surface area contributed by atoms with Crippen molar-refractivity contribution < 1.29 is 0 Å². The van der Waals surface area contributed by atoms with Crippen LogP contribution < -0.4 is 26.2 Å². The molecule has 1 aromatic heterocycles.